The average molecular weight is 256 g/mol. The Kier molecular flexibility index (Phi) is 2.54. The van der Waals surface area contributed by atoms with Gasteiger partial charge in [0.05, 0.1) is 13.0 Å². The minimum Gasteiger partial charge on any atom is -0.469 e. The van der Waals surface area contributed by atoms with E-state index in [1.807, 2.05) is 12.1 Å². The summed E-state index contributed by atoms with van der Waals surface area (Å²) in [6.07, 6.45) is 2.61. The zero-order chi connectivity index (χ0) is 10.1. The molecule has 0 aromatic carbocycles. The molecule has 2 rings (SSSR count). The molecule has 0 bridgehead atoms. The highest BCUT2D eigenvalue weighted by Gasteiger charge is 2.45. The van der Waals surface area contributed by atoms with Crippen molar-refractivity contribution in [3.8, 4) is 0 Å². The summed E-state index contributed by atoms with van der Waals surface area (Å²) < 4.78 is 5.63. The van der Waals surface area contributed by atoms with Gasteiger partial charge in [-0.25, -0.2) is 0 Å². The highest BCUT2D eigenvalue weighted by molar-refractivity contribution is 9.10. The molecule has 4 heteroatoms. The molecule has 0 N–H and O–H groups in total. The van der Waals surface area contributed by atoms with Crippen LogP contribution in [-0.2, 0) is 9.53 Å². The third-order valence-electron chi connectivity index (χ3n) is 2.42. The third-order valence-corrected chi connectivity index (χ3v) is 2.89. The second-order valence-electron chi connectivity index (χ2n) is 3.37. The molecule has 74 valence electrons. The summed E-state index contributed by atoms with van der Waals surface area (Å²) in [5.74, 6) is 0.156. The molecule has 1 aliphatic carbocycles. The lowest BCUT2D eigenvalue weighted by molar-refractivity contribution is -0.142. The number of nitrogens with zero attached hydrogens (tertiary/aromatic N) is 1. The molecule has 1 aromatic heterocycles. The summed E-state index contributed by atoms with van der Waals surface area (Å²) in [6, 6.07) is 3.88. The predicted octanol–water partition coefficient (Wildman–Crippen LogP) is 2.12. The number of hydrogen-bond donors (Lipinski definition) is 0. The number of ether oxygens (including phenoxy) is 1. The molecule has 2 atom stereocenters. The number of halogens is 1. The third kappa shape index (κ3) is 1.80. The van der Waals surface area contributed by atoms with Gasteiger partial charge in [-0.15, -0.1) is 0 Å². The average Bonchev–Trinajstić information content (AvgIpc) is 2.98. The summed E-state index contributed by atoms with van der Waals surface area (Å²) in [5, 5.41) is 0. The first-order valence-electron chi connectivity index (χ1n) is 4.41. The predicted molar refractivity (Wildman–Crippen MR) is 54.8 cm³/mol. The van der Waals surface area contributed by atoms with Gasteiger partial charge in [0, 0.05) is 22.3 Å². The Morgan fingerprint density at radius 3 is 3.00 bits per heavy atom. The number of esters is 1. The number of rotatable bonds is 2. The highest BCUT2D eigenvalue weighted by atomic mass is 79.9. The Bertz CT molecular complexity index is 350. The van der Waals surface area contributed by atoms with Crippen LogP contribution in [0.5, 0.6) is 0 Å². The fourth-order valence-corrected chi connectivity index (χ4v) is 1.77. The monoisotopic (exact) mass is 255 g/mol. The van der Waals surface area contributed by atoms with Gasteiger partial charge in [0.1, 0.15) is 0 Å². The molecule has 1 aliphatic rings. The SMILES string of the molecule is COC(=O)[C@@H]1C[C@H]1c1ccc(Br)cn1. The van der Waals surface area contributed by atoms with E-state index in [1.165, 1.54) is 7.11 Å². The first-order valence-corrected chi connectivity index (χ1v) is 5.21. The number of carbonyl (C=O) groups excluding carboxylic acids is 1. The van der Waals surface area contributed by atoms with Crippen molar-refractivity contribution < 1.29 is 9.53 Å². The van der Waals surface area contributed by atoms with E-state index >= 15 is 0 Å². The fraction of sp³-hybridized carbons (Fsp3) is 0.400. The van der Waals surface area contributed by atoms with Crippen LogP contribution in [0.3, 0.4) is 0 Å². The van der Waals surface area contributed by atoms with Crippen LogP contribution < -0.4 is 0 Å². The van der Waals surface area contributed by atoms with Crippen LogP contribution in [0.2, 0.25) is 0 Å². The molecule has 0 aliphatic heterocycles. The molecule has 1 aromatic rings. The minimum absolute atomic E-state index is 0.0219. The summed E-state index contributed by atoms with van der Waals surface area (Å²) in [5.41, 5.74) is 0.976. The zero-order valence-corrected chi connectivity index (χ0v) is 9.32. The number of pyridine rings is 1. The molecule has 14 heavy (non-hydrogen) atoms. The molecular weight excluding hydrogens is 246 g/mol. The van der Waals surface area contributed by atoms with Crippen molar-refractivity contribution in [2.45, 2.75) is 12.3 Å². The molecule has 1 fully saturated rings. The molecule has 1 heterocycles. The lowest BCUT2D eigenvalue weighted by atomic mass is 10.2. The Morgan fingerprint density at radius 1 is 1.64 bits per heavy atom. The molecule has 1 saturated carbocycles. The van der Waals surface area contributed by atoms with Crippen LogP contribution in [-0.4, -0.2) is 18.1 Å². The Balaban J connectivity index is 2.06. The molecule has 3 nitrogen and oxygen atoms in total. The van der Waals surface area contributed by atoms with Gasteiger partial charge in [-0.3, -0.25) is 9.78 Å². The zero-order valence-electron chi connectivity index (χ0n) is 7.74. The quantitative estimate of drug-likeness (QED) is 0.761. The van der Waals surface area contributed by atoms with Gasteiger partial charge in [0.15, 0.2) is 0 Å². The van der Waals surface area contributed by atoms with Crippen molar-refractivity contribution in [2.24, 2.45) is 5.92 Å². The van der Waals surface area contributed by atoms with Crippen LogP contribution in [0, 0.1) is 5.92 Å². The summed E-state index contributed by atoms with van der Waals surface area (Å²) in [4.78, 5) is 15.4. The van der Waals surface area contributed by atoms with Crippen LogP contribution in [0.15, 0.2) is 22.8 Å². The van der Waals surface area contributed by atoms with Crippen molar-refractivity contribution >= 4 is 21.9 Å². The van der Waals surface area contributed by atoms with Gasteiger partial charge in [0.2, 0.25) is 0 Å². The van der Waals surface area contributed by atoms with E-state index in [9.17, 15) is 4.79 Å². The molecule has 0 saturated heterocycles. The van der Waals surface area contributed by atoms with Gasteiger partial charge < -0.3 is 4.74 Å². The maximum absolute atomic E-state index is 11.2. The van der Waals surface area contributed by atoms with Crippen molar-refractivity contribution in [3.63, 3.8) is 0 Å². The first-order chi connectivity index (χ1) is 6.72. The number of aromatic nitrogens is 1. The number of methoxy groups -OCH3 is 1. The Hall–Kier alpha value is -0.900. The normalized spacial score (nSPS) is 24.4. The molecule has 0 amide bonds. The fourth-order valence-electron chi connectivity index (χ4n) is 1.54. The largest absolute Gasteiger partial charge is 0.469 e. The molecule has 0 unspecified atom stereocenters. The van der Waals surface area contributed by atoms with Crippen LogP contribution in [0.4, 0.5) is 0 Å². The van der Waals surface area contributed by atoms with E-state index in [4.69, 9.17) is 0 Å². The topological polar surface area (TPSA) is 39.2 Å². The standard InChI is InChI=1S/C10H10BrNO2/c1-14-10(13)8-4-7(8)9-3-2-6(11)5-12-9/h2-3,5,7-8H,4H2,1H3/t7-,8-/m1/s1. The first kappa shape index (κ1) is 9.65. The highest BCUT2D eigenvalue weighted by Crippen LogP contribution is 2.47. The lowest BCUT2D eigenvalue weighted by Crippen LogP contribution is -2.04. The van der Waals surface area contributed by atoms with Gasteiger partial charge in [0.25, 0.3) is 0 Å². The van der Waals surface area contributed by atoms with E-state index in [0.29, 0.717) is 0 Å². The van der Waals surface area contributed by atoms with Crippen molar-refractivity contribution in [1.82, 2.24) is 4.98 Å². The van der Waals surface area contributed by atoms with E-state index in [0.717, 1.165) is 16.6 Å². The smallest absolute Gasteiger partial charge is 0.309 e. The Labute approximate surface area is 90.6 Å². The summed E-state index contributed by atoms with van der Waals surface area (Å²) in [7, 11) is 1.42. The summed E-state index contributed by atoms with van der Waals surface area (Å²) in [6.45, 7) is 0. The molecule has 0 radical (unpaired) electrons. The maximum atomic E-state index is 11.2. The molecule has 0 spiro atoms. The van der Waals surface area contributed by atoms with Crippen molar-refractivity contribution in [2.75, 3.05) is 7.11 Å². The van der Waals surface area contributed by atoms with Crippen LogP contribution in [0.25, 0.3) is 0 Å². The van der Waals surface area contributed by atoms with Crippen molar-refractivity contribution in [1.29, 1.82) is 0 Å². The number of carbonyl (C=O) groups is 1. The van der Waals surface area contributed by atoms with Crippen molar-refractivity contribution in [3.05, 3.63) is 28.5 Å². The summed E-state index contributed by atoms with van der Waals surface area (Å²) >= 11 is 3.32. The Morgan fingerprint density at radius 2 is 2.43 bits per heavy atom. The maximum Gasteiger partial charge on any atom is 0.309 e. The number of hydrogen-bond acceptors (Lipinski definition) is 3. The van der Waals surface area contributed by atoms with Gasteiger partial charge >= 0.3 is 5.97 Å². The van der Waals surface area contributed by atoms with E-state index in [-0.39, 0.29) is 17.8 Å². The second-order valence-corrected chi connectivity index (χ2v) is 4.29. The second kappa shape index (κ2) is 3.69. The van der Waals surface area contributed by atoms with E-state index in [1.54, 1.807) is 6.20 Å². The van der Waals surface area contributed by atoms with Crippen LogP contribution >= 0.6 is 15.9 Å². The van der Waals surface area contributed by atoms with Gasteiger partial charge in [-0.2, -0.15) is 0 Å². The minimum atomic E-state index is -0.125. The van der Waals surface area contributed by atoms with Crippen LogP contribution in [0.1, 0.15) is 18.0 Å². The van der Waals surface area contributed by atoms with E-state index in [2.05, 4.69) is 25.7 Å². The van der Waals surface area contributed by atoms with Gasteiger partial charge in [-0.1, -0.05) is 0 Å². The molecular formula is C10H10BrNO2. The van der Waals surface area contributed by atoms with Gasteiger partial charge in [-0.05, 0) is 34.5 Å². The lowest BCUT2D eigenvalue weighted by Gasteiger charge is -1.98. The van der Waals surface area contributed by atoms with E-state index < -0.39 is 0 Å².